The number of benzene rings is 2. The van der Waals surface area contributed by atoms with E-state index in [1.54, 1.807) is 19.1 Å². The lowest BCUT2D eigenvalue weighted by Gasteiger charge is -2.16. The first-order valence-electron chi connectivity index (χ1n) is 7.42. The molecule has 1 atom stereocenters. The van der Waals surface area contributed by atoms with Crippen LogP contribution in [0.2, 0.25) is 0 Å². The molecule has 0 aliphatic carbocycles. The lowest BCUT2D eigenvalue weighted by molar-refractivity contribution is -0.123. The van der Waals surface area contributed by atoms with E-state index in [4.69, 9.17) is 9.47 Å². The summed E-state index contributed by atoms with van der Waals surface area (Å²) in [5, 5.41) is 2.67. The summed E-state index contributed by atoms with van der Waals surface area (Å²) >= 11 is 0. The van der Waals surface area contributed by atoms with Crippen molar-refractivity contribution < 1.29 is 23.0 Å². The molecule has 2 aromatic rings. The largest absolute Gasteiger partial charge is 0.493 e. The van der Waals surface area contributed by atoms with E-state index < -0.39 is 17.7 Å². The van der Waals surface area contributed by atoms with Crippen molar-refractivity contribution in [1.29, 1.82) is 0 Å². The second-order valence-electron chi connectivity index (χ2n) is 5.41. The number of halogens is 2. The number of carbonyl (C=O) groups is 1. The summed E-state index contributed by atoms with van der Waals surface area (Å²) in [4.78, 5) is 12.0. The molecule has 1 unspecified atom stereocenters. The topological polar surface area (TPSA) is 47.6 Å². The van der Waals surface area contributed by atoms with Gasteiger partial charge in [-0.2, -0.15) is 0 Å². The molecule has 0 aliphatic heterocycles. The van der Waals surface area contributed by atoms with E-state index in [0.717, 1.165) is 17.7 Å². The molecule has 0 spiro atoms. The second kappa shape index (κ2) is 7.77. The van der Waals surface area contributed by atoms with E-state index in [-0.39, 0.29) is 12.5 Å². The number of nitrogens with one attached hydrogen (secondary N) is 1. The molecule has 0 radical (unpaired) electrons. The van der Waals surface area contributed by atoms with E-state index in [9.17, 15) is 13.6 Å². The molecule has 2 aromatic carbocycles. The van der Waals surface area contributed by atoms with Crippen molar-refractivity contribution in [3.8, 4) is 11.5 Å². The molecule has 1 amide bonds. The Hall–Kier alpha value is -2.63. The van der Waals surface area contributed by atoms with Gasteiger partial charge in [0.1, 0.15) is 0 Å². The first kappa shape index (κ1) is 17.7. The van der Waals surface area contributed by atoms with Crippen LogP contribution in [0.1, 0.15) is 24.1 Å². The molecular formula is C18H19F2NO3. The highest BCUT2D eigenvalue weighted by Gasteiger charge is 2.13. The molecule has 0 saturated heterocycles. The first-order valence-corrected chi connectivity index (χ1v) is 7.42. The molecule has 1 N–H and O–H groups in total. The summed E-state index contributed by atoms with van der Waals surface area (Å²) in [5.41, 5.74) is 1.48. The second-order valence-corrected chi connectivity index (χ2v) is 5.41. The van der Waals surface area contributed by atoms with Gasteiger partial charge in [-0.25, -0.2) is 8.78 Å². The highest BCUT2D eigenvalue weighted by Crippen LogP contribution is 2.27. The number of rotatable bonds is 6. The third-order valence-corrected chi connectivity index (χ3v) is 3.50. The molecule has 4 nitrogen and oxygen atoms in total. The Balaban J connectivity index is 1.94. The van der Waals surface area contributed by atoms with Gasteiger partial charge in [-0.1, -0.05) is 12.1 Å². The first-order chi connectivity index (χ1) is 11.4. The smallest absolute Gasteiger partial charge is 0.258 e. The van der Waals surface area contributed by atoms with Gasteiger partial charge in [0.05, 0.1) is 13.2 Å². The molecular weight excluding hydrogens is 316 g/mol. The Bertz CT molecular complexity index is 734. The summed E-state index contributed by atoms with van der Waals surface area (Å²) in [6.07, 6.45) is 0. The molecule has 0 heterocycles. The van der Waals surface area contributed by atoms with Crippen LogP contribution in [0.4, 0.5) is 8.78 Å². The van der Waals surface area contributed by atoms with E-state index in [1.807, 2.05) is 13.0 Å². The fraction of sp³-hybridized carbons (Fsp3) is 0.278. The highest BCUT2D eigenvalue weighted by atomic mass is 19.2. The van der Waals surface area contributed by atoms with Crippen molar-refractivity contribution in [2.24, 2.45) is 0 Å². The zero-order chi connectivity index (χ0) is 17.7. The Labute approximate surface area is 139 Å². The summed E-state index contributed by atoms with van der Waals surface area (Å²) < 4.78 is 36.8. The van der Waals surface area contributed by atoms with Crippen LogP contribution in [0.5, 0.6) is 11.5 Å². The van der Waals surface area contributed by atoms with Gasteiger partial charge in [0.2, 0.25) is 0 Å². The van der Waals surface area contributed by atoms with Crippen molar-refractivity contribution in [2.75, 3.05) is 13.7 Å². The van der Waals surface area contributed by atoms with Gasteiger partial charge >= 0.3 is 0 Å². The molecule has 0 fully saturated rings. The fourth-order valence-electron chi connectivity index (χ4n) is 2.19. The lowest BCUT2D eigenvalue weighted by Crippen LogP contribution is -2.31. The van der Waals surface area contributed by atoms with Gasteiger partial charge < -0.3 is 14.8 Å². The number of carbonyl (C=O) groups excluding carboxylic acids is 1. The zero-order valence-corrected chi connectivity index (χ0v) is 13.7. The molecule has 0 aliphatic rings. The van der Waals surface area contributed by atoms with Gasteiger partial charge in [-0.05, 0) is 49.2 Å². The summed E-state index contributed by atoms with van der Waals surface area (Å²) in [7, 11) is 1.52. The van der Waals surface area contributed by atoms with Crippen LogP contribution in [-0.2, 0) is 4.79 Å². The van der Waals surface area contributed by atoms with Crippen LogP contribution in [0.25, 0.3) is 0 Å². The summed E-state index contributed by atoms with van der Waals surface area (Å²) in [5.74, 6) is -1.26. The number of amides is 1. The molecule has 0 aromatic heterocycles. The van der Waals surface area contributed by atoms with Gasteiger partial charge in [-0.3, -0.25) is 4.79 Å². The Morgan fingerprint density at radius 3 is 2.54 bits per heavy atom. The Morgan fingerprint density at radius 2 is 1.88 bits per heavy atom. The predicted molar refractivity (Wildman–Crippen MR) is 86.1 cm³/mol. The molecule has 0 bridgehead atoms. The van der Waals surface area contributed by atoms with Gasteiger partial charge in [0.15, 0.2) is 29.7 Å². The predicted octanol–water partition coefficient (Wildman–Crippen LogP) is 3.54. The average molecular weight is 335 g/mol. The third kappa shape index (κ3) is 4.44. The van der Waals surface area contributed by atoms with Crippen LogP contribution in [-0.4, -0.2) is 19.6 Å². The maximum absolute atomic E-state index is 13.2. The Morgan fingerprint density at radius 1 is 1.12 bits per heavy atom. The minimum absolute atomic E-state index is 0.215. The monoisotopic (exact) mass is 335 g/mol. The van der Waals surface area contributed by atoms with E-state index in [1.165, 1.54) is 13.2 Å². The molecule has 2 rings (SSSR count). The number of hydrogen-bond acceptors (Lipinski definition) is 3. The average Bonchev–Trinajstić information content (AvgIpc) is 2.55. The van der Waals surface area contributed by atoms with Gasteiger partial charge in [-0.15, -0.1) is 0 Å². The number of aryl methyl sites for hydroxylation is 1. The van der Waals surface area contributed by atoms with Gasteiger partial charge in [0, 0.05) is 0 Å². The van der Waals surface area contributed by atoms with Crippen LogP contribution < -0.4 is 14.8 Å². The maximum atomic E-state index is 13.2. The SMILES string of the molecule is COc1cc(C)ccc1OCC(=O)NC(C)c1ccc(F)c(F)c1. The Kier molecular flexibility index (Phi) is 5.73. The summed E-state index contributed by atoms with van der Waals surface area (Å²) in [6, 6.07) is 8.41. The molecule has 24 heavy (non-hydrogen) atoms. The summed E-state index contributed by atoms with van der Waals surface area (Å²) in [6.45, 7) is 3.38. The normalized spacial score (nSPS) is 11.7. The highest BCUT2D eigenvalue weighted by molar-refractivity contribution is 5.78. The van der Waals surface area contributed by atoms with E-state index >= 15 is 0 Å². The standard InChI is InChI=1S/C18H19F2NO3/c1-11-4-7-16(17(8-11)23-3)24-10-18(22)21-12(2)13-5-6-14(19)15(20)9-13/h4-9,12H,10H2,1-3H3,(H,21,22). The van der Waals surface area contributed by atoms with E-state index in [2.05, 4.69) is 5.32 Å². The maximum Gasteiger partial charge on any atom is 0.258 e. The van der Waals surface area contributed by atoms with Crippen molar-refractivity contribution >= 4 is 5.91 Å². The van der Waals surface area contributed by atoms with Crippen molar-refractivity contribution in [1.82, 2.24) is 5.32 Å². The van der Waals surface area contributed by atoms with Gasteiger partial charge in [0.25, 0.3) is 5.91 Å². The van der Waals surface area contributed by atoms with Crippen LogP contribution in [0.3, 0.4) is 0 Å². The fourth-order valence-corrected chi connectivity index (χ4v) is 2.19. The van der Waals surface area contributed by atoms with Crippen molar-refractivity contribution in [3.63, 3.8) is 0 Å². The number of hydrogen-bond donors (Lipinski definition) is 1. The minimum atomic E-state index is -0.950. The van der Waals surface area contributed by atoms with E-state index in [0.29, 0.717) is 17.1 Å². The van der Waals surface area contributed by atoms with Crippen LogP contribution in [0, 0.1) is 18.6 Å². The third-order valence-electron chi connectivity index (χ3n) is 3.50. The molecule has 128 valence electrons. The van der Waals surface area contributed by atoms with Crippen LogP contribution in [0.15, 0.2) is 36.4 Å². The molecule has 6 heteroatoms. The number of ether oxygens (including phenoxy) is 2. The van der Waals surface area contributed by atoms with Crippen molar-refractivity contribution in [2.45, 2.75) is 19.9 Å². The quantitative estimate of drug-likeness (QED) is 0.878. The number of methoxy groups -OCH3 is 1. The van der Waals surface area contributed by atoms with Crippen molar-refractivity contribution in [3.05, 3.63) is 59.2 Å². The van der Waals surface area contributed by atoms with Crippen LogP contribution >= 0.6 is 0 Å². The lowest BCUT2D eigenvalue weighted by atomic mass is 10.1. The zero-order valence-electron chi connectivity index (χ0n) is 13.7. The molecule has 0 saturated carbocycles. The minimum Gasteiger partial charge on any atom is -0.493 e.